The molecule has 4 aromatic rings. The zero-order valence-corrected chi connectivity index (χ0v) is 15.6. The number of aliphatic hydroxyl groups excluding tert-OH is 1. The van der Waals surface area contributed by atoms with Crippen LogP contribution in [0.25, 0.3) is 22.4 Å². The molecule has 4 rings (SSSR count). The Kier molecular flexibility index (Phi) is 4.75. The second-order valence-electron chi connectivity index (χ2n) is 5.86. The Bertz CT molecular complexity index is 1150. The molecule has 0 bridgehead atoms. The molecule has 9 heteroatoms. The second-order valence-corrected chi connectivity index (χ2v) is 8.12. The number of furan rings is 1. The average molecular weight is 401 g/mol. The van der Waals surface area contributed by atoms with E-state index < -0.39 is 16.1 Å². The molecule has 2 N–H and O–H groups in total. The van der Waals surface area contributed by atoms with Gasteiger partial charge >= 0.3 is 0 Å². The largest absolute Gasteiger partial charge is 0.464 e. The molecule has 0 unspecified atom stereocenters. The number of hydrogen-bond acceptors (Lipinski definition) is 7. The Hall–Kier alpha value is -2.59. The lowest BCUT2D eigenvalue weighted by molar-refractivity contribution is 0.182. The molecule has 1 atom stereocenters. The number of fused-ring (bicyclic) bond motifs is 1. The fourth-order valence-electron chi connectivity index (χ4n) is 2.69. The van der Waals surface area contributed by atoms with Gasteiger partial charge in [-0.25, -0.2) is 13.1 Å². The Labute approximate surface area is 159 Å². The van der Waals surface area contributed by atoms with Gasteiger partial charge in [-0.05, 0) is 29.8 Å². The van der Waals surface area contributed by atoms with Gasteiger partial charge in [-0.2, -0.15) is 8.75 Å². The van der Waals surface area contributed by atoms with Crippen LogP contribution in [0.5, 0.6) is 0 Å². The van der Waals surface area contributed by atoms with Crippen molar-refractivity contribution in [2.75, 3.05) is 6.54 Å². The van der Waals surface area contributed by atoms with Crippen LogP contribution < -0.4 is 4.72 Å². The van der Waals surface area contributed by atoms with Crippen molar-refractivity contribution >= 4 is 32.8 Å². The highest BCUT2D eigenvalue weighted by atomic mass is 32.2. The topological polar surface area (TPSA) is 105 Å². The normalized spacial score (nSPS) is 13.1. The molecule has 0 saturated carbocycles. The monoisotopic (exact) mass is 401 g/mol. The summed E-state index contributed by atoms with van der Waals surface area (Å²) >= 11 is 0.955. The van der Waals surface area contributed by atoms with E-state index in [0.29, 0.717) is 16.6 Å². The molecule has 0 aliphatic carbocycles. The van der Waals surface area contributed by atoms with Crippen LogP contribution in [-0.2, 0) is 10.0 Å². The predicted octanol–water partition coefficient (Wildman–Crippen LogP) is 2.96. The molecule has 0 amide bonds. The number of aliphatic hydroxyl groups is 1. The van der Waals surface area contributed by atoms with Gasteiger partial charge in [-0.1, -0.05) is 30.3 Å². The fourth-order valence-corrected chi connectivity index (χ4v) is 4.50. The van der Waals surface area contributed by atoms with Gasteiger partial charge in [0, 0.05) is 12.1 Å². The Balaban J connectivity index is 1.48. The van der Waals surface area contributed by atoms with E-state index in [9.17, 15) is 13.5 Å². The van der Waals surface area contributed by atoms with Crippen LogP contribution in [0.1, 0.15) is 11.7 Å². The van der Waals surface area contributed by atoms with Gasteiger partial charge < -0.3 is 9.52 Å². The summed E-state index contributed by atoms with van der Waals surface area (Å²) in [6.07, 6.45) is 0.601. The minimum atomic E-state index is -3.82. The van der Waals surface area contributed by atoms with E-state index in [1.165, 1.54) is 6.07 Å². The molecule has 0 aliphatic rings. The zero-order valence-electron chi connectivity index (χ0n) is 13.9. The van der Waals surface area contributed by atoms with E-state index in [1.807, 2.05) is 18.2 Å². The Morgan fingerprint density at radius 1 is 1.07 bits per heavy atom. The van der Waals surface area contributed by atoms with Gasteiger partial charge in [0.2, 0.25) is 10.0 Å². The van der Waals surface area contributed by atoms with Crippen molar-refractivity contribution in [3.8, 4) is 11.3 Å². The molecule has 0 saturated heterocycles. The summed E-state index contributed by atoms with van der Waals surface area (Å²) < 4.78 is 41.0. The molecular weight excluding hydrogens is 386 g/mol. The highest BCUT2D eigenvalue weighted by molar-refractivity contribution is 7.89. The van der Waals surface area contributed by atoms with Gasteiger partial charge in [-0.3, -0.25) is 0 Å². The van der Waals surface area contributed by atoms with Gasteiger partial charge in [0.25, 0.3) is 0 Å². The van der Waals surface area contributed by atoms with Gasteiger partial charge in [0.1, 0.15) is 21.7 Å². The van der Waals surface area contributed by atoms with Crippen molar-refractivity contribution in [2.45, 2.75) is 11.0 Å². The van der Waals surface area contributed by atoms with E-state index in [2.05, 4.69) is 13.5 Å². The van der Waals surface area contributed by atoms with Crippen LogP contribution in [0.4, 0.5) is 0 Å². The van der Waals surface area contributed by atoms with Crippen molar-refractivity contribution in [3.63, 3.8) is 0 Å². The van der Waals surface area contributed by atoms with Crippen molar-refractivity contribution in [3.05, 3.63) is 66.4 Å². The van der Waals surface area contributed by atoms with Crippen LogP contribution in [0.2, 0.25) is 0 Å². The van der Waals surface area contributed by atoms with Crippen molar-refractivity contribution < 1.29 is 17.9 Å². The van der Waals surface area contributed by atoms with Gasteiger partial charge in [0.15, 0.2) is 0 Å². The average Bonchev–Trinajstić information content (AvgIpc) is 3.37. The molecular formula is C18H15N3O4S2. The molecule has 2 heterocycles. The van der Waals surface area contributed by atoms with E-state index >= 15 is 0 Å². The number of rotatable bonds is 6. The van der Waals surface area contributed by atoms with Crippen LogP contribution >= 0.6 is 11.7 Å². The number of hydrogen-bond donors (Lipinski definition) is 2. The maximum atomic E-state index is 12.6. The Morgan fingerprint density at radius 2 is 1.89 bits per heavy atom. The molecule has 138 valence electrons. The van der Waals surface area contributed by atoms with Crippen LogP contribution in [0, 0.1) is 0 Å². The summed E-state index contributed by atoms with van der Waals surface area (Å²) in [6.45, 7) is -0.156. The summed E-state index contributed by atoms with van der Waals surface area (Å²) in [7, 11) is -3.82. The van der Waals surface area contributed by atoms with Crippen LogP contribution in [0.15, 0.2) is 70.2 Å². The lowest BCUT2D eigenvalue weighted by Crippen LogP contribution is -2.28. The highest BCUT2D eigenvalue weighted by Gasteiger charge is 2.21. The lowest BCUT2D eigenvalue weighted by atomic mass is 10.1. The van der Waals surface area contributed by atoms with Crippen molar-refractivity contribution in [2.24, 2.45) is 0 Å². The molecule has 2 aromatic carbocycles. The number of nitrogens with one attached hydrogen (secondary N) is 1. The minimum absolute atomic E-state index is 0.0501. The third kappa shape index (κ3) is 3.62. The van der Waals surface area contributed by atoms with E-state index in [4.69, 9.17) is 4.42 Å². The lowest BCUT2D eigenvalue weighted by Gasteiger charge is -2.13. The van der Waals surface area contributed by atoms with Gasteiger partial charge in [0.05, 0.1) is 24.1 Å². The molecule has 0 fully saturated rings. The maximum Gasteiger partial charge on any atom is 0.242 e. The summed E-state index contributed by atoms with van der Waals surface area (Å²) in [5, 5.41) is 10.3. The third-order valence-corrected chi connectivity index (χ3v) is 6.10. The molecule has 0 radical (unpaired) electrons. The highest BCUT2D eigenvalue weighted by Crippen LogP contribution is 2.24. The summed E-state index contributed by atoms with van der Waals surface area (Å²) in [4.78, 5) is 0.0501. The maximum absolute atomic E-state index is 12.6. The predicted molar refractivity (Wildman–Crippen MR) is 102 cm³/mol. The number of sulfonamides is 1. The van der Waals surface area contributed by atoms with E-state index in [1.54, 1.807) is 36.6 Å². The smallest absolute Gasteiger partial charge is 0.242 e. The summed E-state index contributed by atoms with van der Waals surface area (Å²) in [5.74, 6) is 0.724. The Morgan fingerprint density at radius 3 is 2.63 bits per heavy atom. The first-order valence-corrected chi connectivity index (χ1v) is 10.3. The molecule has 0 aliphatic heterocycles. The van der Waals surface area contributed by atoms with Crippen LogP contribution in [0.3, 0.4) is 0 Å². The number of aromatic nitrogens is 2. The second kappa shape index (κ2) is 7.20. The first-order chi connectivity index (χ1) is 13.0. The van der Waals surface area contributed by atoms with Crippen molar-refractivity contribution in [1.29, 1.82) is 0 Å². The quantitative estimate of drug-likeness (QED) is 0.515. The number of benzene rings is 2. The molecule has 7 nitrogen and oxygen atoms in total. The minimum Gasteiger partial charge on any atom is -0.464 e. The summed E-state index contributed by atoms with van der Waals surface area (Å²) in [6, 6.07) is 15.5. The first kappa shape index (κ1) is 17.8. The number of nitrogens with zero attached hydrogens (tertiary/aromatic N) is 2. The zero-order chi connectivity index (χ0) is 18.9. The summed E-state index contributed by atoms with van der Waals surface area (Å²) in [5.41, 5.74) is 2.32. The third-order valence-electron chi connectivity index (χ3n) is 4.11. The van der Waals surface area contributed by atoms with E-state index in [-0.39, 0.29) is 11.4 Å². The molecule has 0 spiro atoms. The SMILES string of the molecule is O=S(=O)(NC[C@@H](O)c1ccc(-c2ccco2)cc1)c1cccc2nsnc12. The van der Waals surface area contributed by atoms with Gasteiger partial charge in [-0.15, -0.1) is 0 Å². The molecule has 27 heavy (non-hydrogen) atoms. The van der Waals surface area contributed by atoms with Crippen molar-refractivity contribution in [1.82, 2.24) is 13.5 Å². The first-order valence-electron chi connectivity index (χ1n) is 8.07. The fraction of sp³-hybridized carbons (Fsp3) is 0.111. The van der Waals surface area contributed by atoms with E-state index in [0.717, 1.165) is 23.1 Å². The standard InChI is InChI=1S/C18H15N3O4S2/c22-15(12-6-8-13(9-7-12)16-4-2-10-25-16)11-19-27(23,24)17-5-1-3-14-18(17)21-26-20-14/h1-10,15,19,22H,11H2/t15-/m1/s1. The molecule has 2 aromatic heterocycles. The van der Waals surface area contributed by atoms with Crippen LogP contribution in [-0.4, -0.2) is 28.8 Å².